The van der Waals surface area contributed by atoms with Crippen LogP contribution in [-0.2, 0) is 23.8 Å². The monoisotopic (exact) mass is 465 g/mol. The first kappa shape index (κ1) is 21.4. The summed E-state index contributed by atoms with van der Waals surface area (Å²) in [4.78, 5) is 12.9. The van der Waals surface area contributed by atoms with Crippen molar-refractivity contribution in [3.05, 3.63) is 69.7 Å². The van der Waals surface area contributed by atoms with Gasteiger partial charge in [0.1, 0.15) is 23.1 Å². The van der Waals surface area contributed by atoms with Crippen molar-refractivity contribution in [1.82, 2.24) is 14.3 Å². The summed E-state index contributed by atoms with van der Waals surface area (Å²) in [5.74, 6) is -8.03. The molecular weight excluding hydrogens is 449 g/mol. The van der Waals surface area contributed by atoms with Crippen molar-refractivity contribution in [2.75, 3.05) is 7.11 Å². The lowest BCUT2D eigenvalue weighted by atomic mass is 9.97. The molecule has 0 spiro atoms. The smallest absolute Gasteiger partial charge is 0.334 e. The molecule has 0 unspecified atom stereocenters. The van der Waals surface area contributed by atoms with E-state index in [9.17, 15) is 26.7 Å². The van der Waals surface area contributed by atoms with Crippen molar-refractivity contribution in [2.45, 2.75) is 26.0 Å². The van der Waals surface area contributed by atoms with Crippen molar-refractivity contribution in [1.29, 1.82) is 0 Å². The van der Waals surface area contributed by atoms with Gasteiger partial charge in [-0.25, -0.2) is 22.5 Å². The van der Waals surface area contributed by atoms with Gasteiger partial charge in [-0.3, -0.25) is 4.57 Å². The zero-order chi connectivity index (χ0) is 23.7. The highest BCUT2D eigenvalue weighted by Gasteiger charge is 2.48. The van der Waals surface area contributed by atoms with E-state index in [-0.39, 0.29) is 35.5 Å². The van der Waals surface area contributed by atoms with Gasteiger partial charge >= 0.3 is 5.69 Å². The average molecular weight is 465 g/mol. The second-order valence-electron chi connectivity index (χ2n) is 8.00. The maximum absolute atomic E-state index is 14.7. The Balaban J connectivity index is 1.82. The number of rotatable bonds is 4. The minimum absolute atomic E-state index is 0.00185. The number of imidazole rings is 1. The van der Waals surface area contributed by atoms with E-state index in [0.29, 0.717) is 17.7 Å². The number of hydrogen-bond donors (Lipinski definition) is 0. The molecule has 11 heteroatoms. The van der Waals surface area contributed by atoms with E-state index in [4.69, 9.17) is 9.26 Å². The second-order valence-corrected chi connectivity index (χ2v) is 8.00. The molecule has 0 amide bonds. The highest BCUT2D eigenvalue weighted by atomic mass is 19.3. The maximum atomic E-state index is 14.7. The summed E-state index contributed by atoms with van der Waals surface area (Å²) >= 11 is 0. The molecule has 1 atom stereocenters. The summed E-state index contributed by atoms with van der Waals surface area (Å²) in [5, 5.41) is 3.84. The van der Waals surface area contributed by atoms with E-state index >= 15 is 0 Å². The van der Waals surface area contributed by atoms with Gasteiger partial charge in [-0.1, -0.05) is 12.1 Å². The molecule has 0 N–H and O–H groups in total. The lowest BCUT2D eigenvalue weighted by Crippen LogP contribution is -2.24. The van der Waals surface area contributed by atoms with Crippen LogP contribution in [0.25, 0.3) is 27.9 Å². The number of halogens is 5. The van der Waals surface area contributed by atoms with Crippen LogP contribution >= 0.6 is 0 Å². The first-order chi connectivity index (χ1) is 15.6. The Morgan fingerprint density at radius 2 is 1.88 bits per heavy atom. The fourth-order valence-corrected chi connectivity index (χ4v) is 4.24. The molecule has 2 aromatic carbocycles. The number of benzene rings is 2. The average Bonchev–Trinajstić information content (AvgIpc) is 3.35. The number of hydrogen-bond acceptors (Lipinski definition) is 4. The van der Waals surface area contributed by atoms with Crippen molar-refractivity contribution in [3.8, 4) is 16.9 Å². The summed E-state index contributed by atoms with van der Waals surface area (Å²) in [7, 11) is 1.41. The van der Waals surface area contributed by atoms with Gasteiger partial charge in [0.15, 0.2) is 11.4 Å². The minimum atomic E-state index is -3.24. The Bertz CT molecular complexity index is 1450. The van der Waals surface area contributed by atoms with Crippen molar-refractivity contribution in [2.24, 2.45) is 5.92 Å². The first-order valence-electron chi connectivity index (χ1n) is 9.90. The third-order valence-corrected chi connectivity index (χ3v) is 5.83. The molecule has 0 bridgehead atoms. The van der Waals surface area contributed by atoms with Crippen LogP contribution in [0.5, 0.6) is 0 Å². The quantitative estimate of drug-likeness (QED) is 0.408. The van der Waals surface area contributed by atoms with E-state index in [1.165, 1.54) is 26.2 Å². The summed E-state index contributed by atoms with van der Waals surface area (Å²) in [6, 6.07) is 3.91. The van der Waals surface area contributed by atoms with Gasteiger partial charge in [-0.15, -0.1) is 0 Å². The highest BCUT2D eigenvalue weighted by Crippen LogP contribution is 2.42. The Morgan fingerprint density at radius 1 is 1.18 bits per heavy atom. The van der Waals surface area contributed by atoms with Crippen molar-refractivity contribution in [3.63, 3.8) is 0 Å². The molecule has 6 nitrogen and oxygen atoms in total. The Kier molecular flexibility index (Phi) is 4.71. The van der Waals surface area contributed by atoms with Crippen LogP contribution in [0.1, 0.15) is 18.2 Å². The van der Waals surface area contributed by atoms with Crippen molar-refractivity contribution < 1.29 is 31.2 Å². The van der Waals surface area contributed by atoms with E-state index in [0.717, 1.165) is 15.3 Å². The lowest BCUT2D eigenvalue weighted by molar-refractivity contribution is -0.0454. The molecule has 4 aromatic rings. The zero-order valence-corrected chi connectivity index (χ0v) is 17.3. The summed E-state index contributed by atoms with van der Waals surface area (Å²) in [5.41, 5.74) is -1.47. The normalized spacial score (nSPS) is 17.1. The highest BCUT2D eigenvalue weighted by molar-refractivity contribution is 5.99. The minimum Gasteiger partial charge on any atom is -0.380 e. The molecular formula is C22H16F5N3O3. The van der Waals surface area contributed by atoms with Gasteiger partial charge in [-0.05, 0) is 17.7 Å². The third-order valence-electron chi connectivity index (χ3n) is 5.83. The van der Waals surface area contributed by atoms with Crippen LogP contribution in [-0.4, -0.2) is 21.4 Å². The standard InChI is InChI=1S/C22H16F5N3O3/c1-10-7-29-17(22(10,26)27)8-30(21(29)31)20-19-13(18-14(24)5-12(23)6-15(18)25)3-11(9-32-2)4-16(19)33-28-20/h3-6,8,10H,7,9H2,1-2H3/t10-/m1/s1. The Labute approximate surface area is 182 Å². The van der Waals surface area contributed by atoms with Gasteiger partial charge in [0.2, 0.25) is 0 Å². The van der Waals surface area contributed by atoms with E-state index < -0.39 is 46.2 Å². The molecule has 2 aromatic heterocycles. The predicted octanol–water partition coefficient (Wildman–Crippen LogP) is 4.75. The van der Waals surface area contributed by atoms with Crippen LogP contribution < -0.4 is 5.69 Å². The van der Waals surface area contributed by atoms with Crippen LogP contribution in [0, 0.1) is 23.4 Å². The SMILES string of the molecule is COCc1cc(-c2c(F)cc(F)cc2F)c2c(-n3cc4n(c3=O)C[C@@H](C)C4(F)F)noc2c1. The number of aromatic nitrogens is 3. The number of methoxy groups -OCH3 is 1. The van der Waals surface area contributed by atoms with Crippen LogP contribution in [0.3, 0.4) is 0 Å². The molecule has 1 aliphatic rings. The first-order valence-corrected chi connectivity index (χ1v) is 9.90. The number of alkyl halides is 2. The van der Waals surface area contributed by atoms with Gasteiger partial charge in [0.25, 0.3) is 5.92 Å². The molecule has 0 fully saturated rings. The maximum Gasteiger partial charge on any atom is 0.334 e. The topological polar surface area (TPSA) is 62.2 Å². The molecule has 0 saturated heterocycles. The van der Waals surface area contributed by atoms with E-state index in [1.807, 2.05) is 0 Å². The van der Waals surface area contributed by atoms with Gasteiger partial charge < -0.3 is 9.26 Å². The molecule has 0 aliphatic carbocycles. The summed E-state index contributed by atoms with van der Waals surface area (Å²) < 4.78 is 84.2. The largest absolute Gasteiger partial charge is 0.380 e. The predicted molar refractivity (Wildman–Crippen MR) is 107 cm³/mol. The molecule has 0 saturated carbocycles. The zero-order valence-electron chi connectivity index (χ0n) is 17.3. The van der Waals surface area contributed by atoms with Gasteiger partial charge in [0.05, 0.1) is 17.6 Å². The van der Waals surface area contributed by atoms with Crippen LogP contribution in [0.15, 0.2) is 39.8 Å². The van der Waals surface area contributed by atoms with Crippen LogP contribution in [0.2, 0.25) is 0 Å². The van der Waals surface area contributed by atoms with Crippen LogP contribution in [0.4, 0.5) is 22.0 Å². The molecule has 3 heterocycles. The van der Waals surface area contributed by atoms with Crippen molar-refractivity contribution >= 4 is 11.0 Å². The second kappa shape index (κ2) is 7.27. The number of nitrogens with zero attached hydrogens (tertiary/aromatic N) is 3. The molecule has 33 heavy (non-hydrogen) atoms. The number of fused-ring (bicyclic) bond motifs is 2. The lowest BCUT2D eigenvalue weighted by Gasteiger charge is -2.13. The fraction of sp³-hybridized carbons (Fsp3) is 0.273. The number of ether oxygens (including phenoxy) is 1. The fourth-order valence-electron chi connectivity index (χ4n) is 4.24. The van der Waals surface area contributed by atoms with Gasteiger partial charge in [-0.2, -0.15) is 8.78 Å². The Morgan fingerprint density at radius 3 is 2.52 bits per heavy atom. The van der Waals surface area contributed by atoms with E-state index in [1.54, 1.807) is 0 Å². The summed E-state index contributed by atoms with van der Waals surface area (Å²) in [6.45, 7) is 1.18. The molecule has 0 radical (unpaired) electrons. The molecule has 1 aliphatic heterocycles. The third kappa shape index (κ3) is 3.10. The Hall–Kier alpha value is -3.47. The van der Waals surface area contributed by atoms with E-state index in [2.05, 4.69) is 5.16 Å². The molecule has 5 rings (SSSR count). The van der Waals surface area contributed by atoms with Gasteiger partial charge in [0, 0.05) is 43.5 Å². The summed E-state index contributed by atoms with van der Waals surface area (Å²) in [6.07, 6.45) is 0.952. The molecule has 172 valence electrons.